The van der Waals surface area contributed by atoms with Gasteiger partial charge in [-0.05, 0) is 26.3 Å². The quantitative estimate of drug-likeness (QED) is 0.762. The molecular weight excluding hydrogens is 323 g/mol. The summed E-state index contributed by atoms with van der Waals surface area (Å²) in [6.45, 7) is 1.41. The Morgan fingerprint density at radius 2 is 1.92 bits per heavy atom. The van der Waals surface area contributed by atoms with Crippen LogP contribution < -0.4 is 21.3 Å². The van der Waals surface area contributed by atoms with Crippen LogP contribution in [0.4, 0.5) is 31.0 Å². The third-order valence-electron chi connectivity index (χ3n) is 4.87. The normalized spacial score (nSPS) is 23.7. The van der Waals surface area contributed by atoms with E-state index >= 15 is 0 Å². The minimum atomic E-state index is -4.37. The predicted molar refractivity (Wildman–Crippen MR) is 84.8 cm³/mol. The van der Waals surface area contributed by atoms with Crippen molar-refractivity contribution in [2.75, 3.05) is 36.1 Å². The number of nitrogens with two attached hydrogens (primary N) is 1. The molecule has 0 aromatic carbocycles. The maximum Gasteiger partial charge on any atom is 0.411 e. The maximum atomic E-state index is 13.5. The van der Waals surface area contributed by atoms with Gasteiger partial charge in [-0.25, -0.2) is 0 Å². The largest absolute Gasteiger partial charge is 0.411 e. The molecule has 1 aromatic heterocycles. The molecule has 2 fully saturated rings. The number of nitrogens with zero attached hydrogens (tertiary/aromatic N) is 4. The Morgan fingerprint density at radius 3 is 2.50 bits per heavy atom. The summed E-state index contributed by atoms with van der Waals surface area (Å²) in [7, 11) is 1.87. The zero-order chi connectivity index (χ0) is 17.4. The second-order valence-corrected chi connectivity index (χ2v) is 6.45. The van der Waals surface area contributed by atoms with E-state index in [2.05, 4.69) is 25.6 Å². The van der Waals surface area contributed by atoms with Crippen LogP contribution in [0.3, 0.4) is 0 Å². The first-order valence-electron chi connectivity index (χ1n) is 8.12. The number of anilines is 3. The Hall–Kier alpha value is -1.84. The van der Waals surface area contributed by atoms with E-state index in [1.54, 1.807) is 0 Å². The Morgan fingerprint density at radius 1 is 1.21 bits per heavy atom. The van der Waals surface area contributed by atoms with Crippen LogP contribution >= 0.6 is 0 Å². The fourth-order valence-corrected chi connectivity index (χ4v) is 3.43. The Kier molecular flexibility index (Phi) is 4.41. The number of nitrogens with one attached hydrogen (secondary N) is 2. The SMILES string of the molecule is CN[C@@H]1CCN(c2nc(N)nc(NC3(C(F)(F)F)CCCC3)n2)C1. The first-order valence-corrected chi connectivity index (χ1v) is 8.12. The Balaban J connectivity index is 1.84. The number of rotatable bonds is 4. The molecule has 1 aromatic rings. The van der Waals surface area contributed by atoms with Crippen LogP contribution in [0.1, 0.15) is 32.1 Å². The van der Waals surface area contributed by atoms with Crippen LogP contribution in [0, 0.1) is 0 Å². The van der Waals surface area contributed by atoms with E-state index in [0.29, 0.717) is 31.4 Å². The van der Waals surface area contributed by atoms with Crippen molar-refractivity contribution in [3.63, 3.8) is 0 Å². The molecule has 0 amide bonds. The van der Waals surface area contributed by atoms with Crippen molar-refractivity contribution in [1.82, 2.24) is 20.3 Å². The molecular formula is C14H22F3N7. The first-order chi connectivity index (χ1) is 11.3. The predicted octanol–water partition coefficient (Wildman–Crippen LogP) is 1.54. The van der Waals surface area contributed by atoms with Gasteiger partial charge in [-0.15, -0.1) is 0 Å². The highest BCUT2D eigenvalue weighted by Gasteiger charge is 2.56. The fraction of sp³-hybridized carbons (Fsp3) is 0.786. The summed E-state index contributed by atoms with van der Waals surface area (Å²) in [6.07, 6.45) is -2.37. The summed E-state index contributed by atoms with van der Waals surface area (Å²) in [5.74, 6) is 0.133. The summed E-state index contributed by atoms with van der Waals surface area (Å²) in [4.78, 5) is 14.0. The van der Waals surface area contributed by atoms with Gasteiger partial charge in [0.1, 0.15) is 5.54 Å². The molecule has 2 heterocycles. The van der Waals surface area contributed by atoms with E-state index in [0.717, 1.165) is 13.0 Å². The van der Waals surface area contributed by atoms with E-state index in [-0.39, 0.29) is 24.7 Å². The lowest BCUT2D eigenvalue weighted by atomic mass is 9.97. The van der Waals surface area contributed by atoms with Crippen LogP contribution in [0.2, 0.25) is 0 Å². The average Bonchev–Trinajstić information content (AvgIpc) is 3.15. The van der Waals surface area contributed by atoms with Crippen LogP contribution in [0.5, 0.6) is 0 Å². The van der Waals surface area contributed by atoms with E-state index in [4.69, 9.17) is 5.73 Å². The molecule has 134 valence electrons. The lowest BCUT2D eigenvalue weighted by molar-refractivity contribution is -0.177. The lowest BCUT2D eigenvalue weighted by Crippen LogP contribution is -2.50. The van der Waals surface area contributed by atoms with Gasteiger partial charge < -0.3 is 21.3 Å². The molecule has 10 heteroatoms. The van der Waals surface area contributed by atoms with E-state index in [1.165, 1.54) is 0 Å². The van der Waals surface area contributed by atoms with Crippen molar-refractivity contribution in [2.24, 2.45) is 0 Å². The fourth-order valence-electron chi connectivity index (χ4n) is 3.43. The van der Waals surface area contributed by atoms with Gasteiger partial charge in [0.25, 0.3) is 0 Å². The minimum Gasteiger partial charge on any atom is -0.368 e. The standard InChI is InChI=1S/C14H22F3N7/c1-19-9-4-7-24(8-9)12-21-10(18)20-11(22-12)23-13(14(15,16)17)5-2-3-6-13/h9,19H,2-8H2,1H3,(H3,18,20,21,22,23)/t9-/m1/s1. The smallest absolute Gasteiger partial charge is 0.368 e. The molecule has 1 atom stereocenters. The number of nitrogen functional groups attached to an aromatic ring is 1. The molecule has 3 rings (SSSR count). The maximum absolute atomic E-state index is 13.5. The van der Waals surface area contributed by atoms with Crippen LogP contribution in [-0.2, 0) is 0 Å². The van der Waals surface area contributed by atoms with Crippen molar-refractivity contribution < 1.29 is 13.2 Å². The molecule has 1 aliphatic heterocycles. The monoisotopic (exact) mass is 345 g/mol. The molecule has 0 radical (unpaired) electrons. The number of aromatic nitrogens is 3. The van der Waals surface area contributed by atoms with Gasteiger partial charge in [-0.2, -0.15) is 28.1 Å². The van der Waals surface area contributed by atoms with Crippen LogP contribution in [0.25, 0.3) is 0 Å². The van der Waals surface area contributed by atoms with Crippen molar-refractivity contribution in [2.45, 2.75) is 49.9 Å². The van der Waals surface area contributed by atoms with Gasteiger partial charge in [0.15, 0.2) is 0 Å². The van der Waals surface area contributed by atoms with Crippen molar-refractivity contribution in [3.8, 4) is 0 Å². The summed E-state index contributed by atoms with van der Waals surface area (Å²) >= 11 is 0. The number of hydrogen-bond acceptors (Lipinski definition) is 7. The van der Waals surface area contributed by atoms with Gasteiger partial charge in [0.05, 0.1) is 0 Å². The van der Waals surface area contributed by atoms with Crippen molar-refractivity contribution in [1.29, 1.82) is 0 Å². The van der Waals surface area contributed by atoms with Gasteiger partial charge in [0, 0.05) is 19.1 Å². The second-order valence-electron chi connectivity index (χ2n) is 6.45. The zero-order valence-electron chi connectivity index (χ0n) is 13.5. The molecule has 7 nitrogen and oxygen atoms in total. The van der Waals surface area contributed by atoms with Crippen molar-refractivity contribution >= 4 is 17.8 Å². The average molecular weight is 345 g/mol. The van der Waals surface area contributed by atoms with Crippen molar-refractivity contribution in [3.05, 3.63) is 0 Å². The minimum absolute atomic E-state index is 0.0168. The van der Waals surface area contributed by atoms with Crippen LogP contribution in [-0.4, -0.2) is 52.8 Å². The summed E-state index contributed by atoms with van der Waals surface area (Å²) < 4.78 is 40.6. The molecule has 24 heavy (non-hydrogen) atoms. The van der Waals surface area contributed by atoms with Crippen LogP contribution in [0.15, 0.2) is 0 Å². The lowest BCUT2D eigenvalue weighted by Gasteiger charge is -2.32. The molecule has 2 aliphatic rings. The summed E-state index contributed by atoms with van der Waals surface area (Å²) in [5.41, 5.74) is 3.72. The number of halogens is 3. The second kappa shape index (κ2) is 6.23. The molecule has 0 unspecified atom stereocenters. The van der Waals surface area contributed by atoms with E-state index in [9.17, 15) is 13.2 Å². The molecule has 4 N–H and O–H groups in total. The summed E-state index contributed by atoms with van der Waals surface area (Å²) in [5, 5.41) is 5.68. The number of hydrogen-bond donors (Lipinski definition) is 3. The molecule has 0 bridgehead atoms. The molecule has 1 aliphatic carbocycles. The van der Waals surface area contributed by atoms with Gasteiger partial charge in [-0.1, -0.05) is 12.8 Å². The highest BCUT2D eigenvalue weighted by Crippen LogP contribution is 2.44. The third kappa shape index (κ3) is 3.19. The Bertz CT molecular complexity index is 586. The van der Waals surface area contributed by atoms with Gasteiger partial charge in [0.2, 0.25) is 17.8 Å². The van der Waals surface area contributed by atoms with Gasteiger partial charge in [-0.3, -0.25) is 0 Å². The Labute approximate surface area is 138 Å². The number of likely N-dealkylation sites (N-methyl/N-ethyl adjacent to an activating group) is 1. The topological polar surface area (TPSA) is 92.0 Å². The van der Waals surface area contributed by atoms with Gasteiger partial charge >= 0.3 is 6.18 Å². The zero-order valence-corrected chi connectivity index (χ0v) is 13.5. The molecule has 1 saturated carbocycles. The third-order valence-corrected chi connectivity index (χ3v) is 4.87. The summed E-state index contributed by atoms with van der Waals surface area (Å²) in [6, 6.07) is 0.302. The molecule has 0 spiro atoms. The highest BCUT2D eigenvalue weighted by molar-refractivity contribution is 5.44. The molecule has 1 saturated heterocycles. The van der Waals surface area contributed by atoms with E-state index in [1.807, 2.05) is 11.9 Å². The highest BCUT2D eigenvalue weighted by atomic mass is 19.4. The number of alkyl halides is 3. The van der Waals surface area contributed by atoms with E-state index < -0.39 is 11.7 Å². The first kappa shape index (κ1) is 17.0.